The van der Waals surface area contributed by atoms with Crippen LogP contribution >= 0.6 is 0 Å². The van der Waals surface area contributed by atoms with Gasteiger partial charge in [0.2, 0.25) is 0 Å². The third-order valence-corrected chi connectivity index (χ3v) is 5.24. The first kappa shape index (κ1) is 20.4. The van der Waals surface area contributed by atoms with Crippen LogP contribution in [0.15, 0.2) is 46.1 Å². The Kier molecular flexibility index (Phi) is 5.59. The highest BCUT2D eigenvalue weighted by Crippen LogP contribution is 2.36. The molecule has 0 spiro atoms. The normalized spacial score (nSPS) is 11.2. The molecule has 7 heteroatoms. The van der Waals surface area contributed by atoms with E-state index in [1.807, 2.05) is 13.8 Å². The summed E-state index contributed by atoms with van der Waals surface area (Å²) in [4.78, 5) is 30.9. The Bertz CT molecular complexity index is 1090. The van der Waals surface area contributed by atoms with Crippen LogP contribution in [0.3, 0.4) is 0 Å². The van der Waals surface area contributed by atoms with Crippen LogP contribution in [0.1, 0.15) is 48.0 Å². The second-order valence-electron chi connectivity index (χ2n) is 6.96. The predicted molar refractivity (Wildman–Crippen MR) is 111 cm³/mol. The summed E-state index contributed by atoms with van der Waals surface area (Å²) >= 11 is 0. The van der Waals surface area contributed by atoms with E-state index in [1.165, 1.54) is 21.3 Å². The van der Waals surface area contributed by atoms with Gasteiger partial charge in [0.25, 0.3) is 11.1 Å². The first-order chi connectivity index (χ1) is 13.8. The molecule has 0 aliphatic heterocycles. The Hall–Kier alpha value is -3.35. The summed E-state index contributed by atoms with van der Waals surface area (Å²) in [5, 5.41) is 21.4. The molecular weight excluding hydrogens is 370 g/mol. The number of aromatic hydroxyl groups is 2. The molecular formula is C22H25N3O4. The first-order valence-electron chi connectivity index (χ1n) is 9.59. The van der Waals surface area contributed by atoms with Gasteiger partial charge in [0.05, 0.1) is 22.7 Å². The highest BCUT2D eigenvalue weighted by atomic mass is 16.3. The summed E-state index contributed by atoms with van der Waals surface area (Å²) < 4.78 is 3.04. The average Bonchev–Trinajstić information content (AvgIpc) is 2.67. The summed E-state index contributed by atoms with van der Waals surface area (Å²) in [5.41, 5.74) is 0.830. The van der Waals surface area contributed by atoms with Crippen LogP contribution in [0, 0.1) is 13.8 Å². The van der Waals surface area contributed by atoms with Crippen LogP contribution in [0.4, 0.5) is 0 Å². The Balaban J connectivity index is 2.46. The van der Waals surface area contributed by atoms with E-state index >= 15 is 0 Å². The molecule has 0 bridgehead atoms. The van der Waals surface area contributed by atoms with Crippen molar-refractivity contribution in [1.82, 2.24) is 14.1 Å². The van der Waals surface area contributed by atoms with Crippen molar-refractivity contribution in [3.63, 3.8) is 0 Å². The molecule has 0 atom stereocenters. The second kappa shape index (κ2) is 7.95. The Labute approximate surface area is 168 Å². The molecule has 0 fully saturated rings. The fraction of sp³-hybridized carbons (Fsp3) is 0.318. The standard InChI is InChI=1S/C22H25N3O4/c1-5-24-13(3)11-16(26)19(21(24)28)18(15-9-7-8-10-23-15)20-17(27)12-14(4)25(6-2)22(20)29/h7-12,18,26-27H,5-6H2,1-4H3. The van der Waals surface area contributed by atoms with Crippen molar-refractivity contribution in [2.75, 3.05) is 0 Å². The van der Waals surface area contributed by atoms with Crippen molar-refractivity contribution >= 4 is 0 Å². The van der Waals surface area contributed by atoms with Gasteiger partial charge in [-0.1, -0.05) is 6.07 Å². The number of nitrogens with zero attached hydrogens (tertiary/aromatic N) is 3. The molecule has 0 radical (unpaired) electrons. The van der Waals surface area contributed by atoms with Crippen LogP contribution < -0.4 is 11.1 Å². The van der Waals surface area contributed by atoms with E-state index in [-0.39, 0.29) is 22.6 Å². The molecule has 0 aromatic carbocycles. The zero-order valence-corrected chi connectivity index (χ0v) is 17.0. The lowest BCUT2D eigenvalue weighted by atomic mass is 9.87. The minimum Gasteiger partial charge on any atom is -0.507 e. The van der Waals surface area contributed by atoms with Gasteiger partial charge in [0, 0.05) is 30.7 Å². The van der Waals surface area contributed by atoms with E-state index in [2.05, 4.69) is 4.98 Å². The number of hydrogen-bond acceptors (Lipinski definition) is 5. The Morgan fingerprint density at radius 3 is 1.76 bits per heavy atom. The smallest absolute Gasteiger partial charge is 0.258 e. The molecule has 0 unspecified atom stereocenters. The minimum atomic E-state index is -1.01. The summed E-state index contributed by atoms with van der Waals surface area (Å²) in [6.07, 6.45) is 1.55. The van der Waals surface area contributed by atoms with Crippen molar-refractivity contribution in [3.05, 3.63) is 85.4 Å². The van der Waals surface area contributed by atoms with Gasteiger partial charge in [0.1, 0.15) is 11.5 Å². The summed E-state index contributed by atoms with van der Waals surface area (Å²) in [6, 6.07) is 8.13. The largest absolute Gasteiger partial charge is 0.507 e. The number of hydrogen-bond donors (Lipinski definition) is 2. The number of pyridine rings is 3. The fourth-order valence-corrected chi connectivity index (χ4v) is 3.85. The summed E-state index contributed by atoms with van der Waals surface area (Å²) in [5.74, 6) is -1.46. The summed E-state index contributed by atoms with van der Waals surface area (Å²) in [7, 11) is 0. The van der Waals surface area contributed by atoms with Crippen molar-refractivity contribution in [2.45, 2.75) is 46.7 Å². The van der Waals surface area contributed by atoms with Gasteiger partial charge in [-0.25, -0.2) is 0 Å². The first-order valence-corrected chi connectivity index (χ1v) is 9.59. The van der Waals surface area contributed by atoms with E-state index in [0.29, 0.717) is 30.2 Å². The lowest BCUT2D eigenvalue weighted by Crippen LogP contribution is -2.32. The van der Waals surface area contributed by atoms with Crippen LogP contribution in [-0.4, -0.2) is 24.3 Å². The van der Waals surface area contributed by atoms with Gasteiger partial charge in [-0.2, -0.15) is 0 Å². The lowest BCUT2D eigenvalue weighted by Gasteiger charge is -2.22. The average molecular weight is 395 g/mol. The second-order valence-corrected chi connectivity index (χ2v) is 6.96. The van der Waals surface area contributed by atoms with Gasteiger partial charge in [-0.05, 0) is 52.0 Å². The molecule has 2 N–H and O–H groups in total. The molecule has 0 aliphatic rings. The molecule has 3 aromatic rings. The van der Waals surface area contributed by atoms with E-state index in [0.717, 1.165) is 0 Å². The molecule has 0 saturated heterocycles. The maximum Gasteiger partial charge on any atom is 0.258 e. The molecule has 3 aromatic heterocycles. The maximum absolute atomic E-state index is 13.3. The van der Waals surface area contributed by atoms with Crippen molar-refractivity contribution < 1.29 is 10.2 Å². The van der Waals surface area contributed by atoms with Crippen LogP contribution in [0.25, 0.3) is 0 Å². The lowest BCUT2D eigenvalue weighted by molar-refractivity contribution is 0.448. The molecule has 3 heterocycles. The fourth-order valence-electron chi connectivity index (χ4n) is 3.85. The number of aryl methyl sites for hydroxylation is 2. The minimum absolute atomic E-state index is 0.0232. The van der Waals surface area contributed by atoms with E-state index < -0.39 is 17.0 Å². The predicted octanol–water partition coefficient (Wildman–Crippen LogP) is 2.65. The maximum atomic E-state index is 13.3. The van der Waals surface area contributed by atoms with Crippen LogP contribution in [-0.2, 0) is 13.1 Å². The topological polar surface area (TPSA) is 97.3 Å². The van der Waals surface area contributed by atoms with Crippen LogP contribution in [0.2, 0.25) is 0 Å². The third-order valence-electron chi connectivity index (χ3n) is 5.24. The molecule has 0 aliphatic carbocycles. The molecule has 29 heavy (non-hydrogen) atoms. The van der Waals surface area contributed by atoms with Gasteiger partial charge in [0.15, 0.2) is 0 Å². The quantitative estimate of drug-likeness (QED) is 0.692. The highest BCUT2D eigenvalue weighted by Gasteiger charge is 2.31. The zero-order valence-electron chi connectivity index (χ0n) is 17.0. The molecule has 152 valence electrons. The molecule has 0 amide bonds. The molecule has 3 rings (SSSR count). The third kappa shape index (κ3) is 3.44. The number of rotatable bonds is 5. The van der Waals surface area contributed by atoms with Gasteiger partial charge in [-0.15, -0.1) is 0 Å². The van der Waals surface area contributed by atoms with Crippen molar-refractivity contribution in [2.24, 2.45) is 0 Å². The van der Waals surface area contributed by atoms with Gasteiger partial charge in [-0.3, -0.25) is 14.6 Å². The monoisotopic (exact) mass is 395 g/mol. The highest BCUT2D eigenvalue weighted by molar-refractivity contribution is 5.50. The van der Waals surface area contributed by atoms with Crippen molar-refractivity contribution in [3.8, 4) is 11.5 Å². The van der Waals surface area contributed by atoms with E-state index in [1.54, 1.807) is 38.2 Å². The van der Waals surface area contributed by atoms with Gasteiger partial charge < -0.3 is 19.3 Å². The SMILES string of the molecule is CCn1c(C)cc(O)c(C(c2ccccn2)c2c(O)cc(C)n(CC)c2=O)c1=O. The Morgan fingerprint density at radius 2 is 1.38 bits per heavy atom. The van der Waals surface area contributed by atoms with Crippen LogP contribution in [0.5, 0.6) is 11.5 Å². The summed E-state index contributed by atoms with van der Waals surface area (Å²) in [6.45, 7) is 7.95. The van der Waals surface area contributed by atoms with Gasteiger partial charge >= 0.3 is 0 Å². The zero-order chi connectivity index (χ0) is 21.3. The molecule has 7 nitrogen and oxygen atoms in total. The Morgan fingerprint density at radius 1 is 0.897 bits per heavy atom. The molecule has 0 saturated carbocycles. The van der Waals surface area contributed by atoms with E-state index in [9.17, 15) is 19.8 Å². The van der Waals surface area contributed by atoms with E-state index in [4.69, 9.17) is 0 Å². The van der Waals surface area contributed by atoms with Crippen molar-refractivity contribution in [1.29, 1.82) is 0 Å². The number of aromatic nitrogens is 3.